The molecule has 4 heterocycles. The van der Waals surface area contributed by atoms with Gasteiger partial charge >= 0.3 is 0 Å². The molecule has 17 N–H and O–H groups in total. The maximum absolute atomic E-state index is 15.4. The number of benzene rings is 5. The molecular formula is C79H101F2N15O9S. The minimum absolute atomic E-state index is 0.0166. The minimum Gasteiger partial charge on any atom is -0.391 e. The number of nitrogens with zero attached hydrogens (tertiary/aromatic N) is 2. The normalized spacial score (nSPS) is 24.1. The molecule has 7 amide bonds. The molecule has 24 nitrogen and oxygen atoms in total. The van der Waals surface area contributed by atoms with Gasteiger partial charge in [0.15, 0.2) is 11.7 Å². The lowest BCUT2D eigenvalue weighted by atomic mass is 9.73. The van der Waals surface area contributed by atoms with Gasteiger partial charge in [0.05, 0.1) is 18.2 Å². The summed E-state index contributed by atoms with van der Waals surface area (Å²) in [6, 6.07) is 23.8. The number of H-pyrrole nitrogens is 2. The maximum Gasteiger partial charge on any atom is 0.245 e. The highest BCUT2D eigenvalue weighted by atomic mass is 32.2. The summed E-state index contributed by atoms with van der Waals surface area (Å²) in [4.78, 5) is 133. The van der Waals surface area contributed by atoms with Crippen LogP contribution in [0.3, 0.4) is 0 Å². The van der Waals surface area contributed by atoms with Crippen LogP contribution in [0.25, 0.3) is 21.8 Å². The first-order chi connectivity index (χ1) is 51.2. The zero-order chi connectivity index (χ0) is 75.2. The number of halogens is 2. The van der Waals surface area contributed by atoms with E-state index >= 15 is 24.0 Å². The number of ketones is 1. The number of thioether (sulfide) groups is 1. The number of nitrogens with two attached hydrogens (primary N) is 3. The second-order valence-corrected chi connectivity index (χ2v) is 29.6. The van der Waals surface area contributed by atoms with E-state index in [1.165, 1.54) is 23.4 Å². The number of rotatable bonds is 23. The molecule has 106 heavy (non-hydrogen) atoms. The first-order valence-corrected chi connectivity index (χ1v) is 38.1. The van der Waals surface area contributed by atoms with Crippen LogP contribution in [-0.2, 0) is 70.5 Å². The molecule has 0 unspecified atom stereocenters. The van der Waals surface area contributed by atoms with Gasteiger partial charge in [-0.1, -0.05) is 104 Å². The van der Waals surface area contributed by atoms with Crippen LogP contribution in [0.15, 0.2) is 139 Å². The SMILES string of the molecule is C[C@@H](O)[C@@H]1NC(=O)[C@H](CCCCN)NC(=O)[C@@H](Cc2c[nH]c3ccccc23)NC(=O)[C@H](Cc2ccccc2)NC(=O)[C@H](Cc2ccccc2)NC(=O)[C@H](CCCN=C(N)N)NC(=O)[C@H](NCCSC[C@@H]2C[C@@H]3c4cccc5[nH]cc(c45)C[C@H]3N(C)C2)CCCCCC(=O)[C@H](Cc2cc(F)cc(F)c2)NC1=O. The van der Waals surface area contributed by atoms with E-state index in [4.69, 9.17) is 17.2 Å². The third-order valence-corrected chi connectivity index (χ3v) is 21.6. The summed E-state index contributed by atoms with van der Waals surface area (Å²) in [7, 11) is 2.21. The molecule has 1 aliphatic carbocycles. The zero-order valence-corrected chi connectivity index (χ0v) is 61.0. The predicted octanol–water partition coefficient (Wildman–Crippen LogP) is 5.04. The zero-order valence-electron chi connectivity index (χ0n) is 60.2. The van der Waals surface area contributed by atoms with E-state index in [-0.39, 0.29) is 88.8 Å². The summed E-state index contributed by atoms with van der Waals surface area (Å²) in [6.45, 7) is 2.91. The summed E-state index contributed by atoms with van der Waals surface area (Å²) in [5.74, 6) is -5.84. The molecule has 7 aromatic rings. The van der Waals surface area contributed by atoms with Crippen LogP contribution in [0.1, 0.15) is 117 Å². The number of carbonyl (C=O) groups is 8. The van der Waals surface area contributed by atoms with Crippen LogP contribution in [-0.4, -0.2) is 178 Å². The standard InChI is InChI=1S/C79H101F2N15O9S/c1-47(97)71-78(105)91-64(39-50-34-54(80)42-55(81)35-50)69(98)29-11-5-10-25-61(85-32-33-106-46-51-36-58-57-23-16-27-60-70(57)53(44-88-60)41-68(58)96(2)45-51)72(99)89-63(28-17-31-86-79(83)84)73(100)92-65(37-48-18-6-3-7-19-48)75(102)93-66(38-49-20-8-4-9-21-49)76(103)94-67(40-52-43-87-59-24-13-12-22-56(52)59)77(104)90-62(74(101)95-71)26-14-15-30-82/h3-4,6-9,12-13,16,18-24,27,34-35,42-44,47,51,58,61-68,71,85,87-88,97H,5,10-11,14-15,17,25-26,28-33,36-41,45-46,82H2,1-2H3,(H,89,99)(H,90,104)(H,91,105)(H,92,100)(H,93,102)(H,94,103)(H,95,101)(H4,83,84,86)/t47-,51-,58-,61-,62+,63+,64+,65+,66+,67-,68-,71+/m1/s1. The Kier molecular flexibility index (Phi) is 28.8. The predicted molar refractivity (Wildman–Crippen MR) is 407 cm³/mol. The molecule has 2 fully saturated rings. The quantitative estimate of drug-likeness (QED) is 0.0227. The van der Waals surface area contributed by atoms with E-state index in [0.717, 1.165) is 53.7 Å². The van der Waals surface area contributed by atoms with Crippen molar-refractivity contribution in [2.45, 2.75) is 176 Å². The van der Waals surface area contributed by atoms with Gasteiger partial charge in [0.25, 0.3) is 0 Å². The molecular weight excluding hydrogens is 1370 g/mol. The Morgan fingerprint density at radius 1 is 0.623 bits per heavy atom. The smallest absolute Gasteiger partial charge is 0.245 e. The number of nitrogens with one attached hydrogen (secondary N) is 10. The van der Waals surface area contributed by atoms with E-state index in [1.54, 1.807) is 78.6 Å². The van der Waals surface area contributed by atoms with E-state index < -0.39 is 113 Å². The number of aliphatic hydroxyl groups is 1. The monoisotopic (exact) mass is 1470 g/mol. The topological polar surface area (TPSA) is 378 Å². The fourth-order valence-corrected chi connectivity index (χ4v) is 15.9. The molecule has 2 aliphatic heterocycles. The summed E-state index contributed by atoms with van der Waals surface area (Å²) < 4.78 is 29.6. The highest BCUT2D eigenvalue weighted by Crippen LogP contribution is 2.45. The largest absolute Gasteiger partial charge is 0.391 e. The highest BCUT2D eigenvalue weighted by Gasteiger charge is 2.41. The molecule has 0 bridgehead atoms. The van der Waals surface area contributed by atoms with Crippen molar-refractivity contribution in [2.24, 2.45) is 28.1 Å². The van der Waals surface area contributed by atoms with E-state index in [2.05, 4.69) is 93.8 Å². The first-order valence-electron chi connectivity index (χ1n) is 36.9. The van der Waals surface area contributed by atoms with Crippen LogP contribution in [0.5, 0.6) is 0 Å². The number of aromatic amines is 2. The van der Waals surface area contributed by atoms with Crippen LogP contribution in [0.4, 0.5) is 8.78 Å². The van der Waals surface area contributed by atoms with Crippen LogP contribution < -0.4 is 59.7 Å². The number of fused-ring (bicyclic) bond motifs is 3. The number of amides is 7. The second kappa shape index (κ2) is 38.6. The maximum atomic E-state index is 15.4. The van der Waals surface area contributed by atoms with Crippen LogP contribution >= 0.6 is 11.8 Å². The number of aliphatic imine (C=N–C) groups is 1. The number of hydrogen-bond acceptors (Lipinski definition) is 14. The Hall–Kier alpha value is -9.54. The fraction of sp³-hybridized carbons (Fsp3) is 0.456. The average molecular weight is 1470 g/mol. The van der Waals surface area contributed by atoms with Crippen LogP contribution in [0, 0.1) is 17.6 Å². The molecule has 27 heteroatoms. The van der Waals surface area contributed by atoms with E-state index in [0.29, 0.717) is 78.6 Å². The fourth-order valence-electron chi connectivity index (χ4n) is 14.9. The average Bonchev–Trinajstić information content (AvgIpc) is 1.50. The van der Waals surface area contributed by atoms with Gasteiger partial charge in [-0.2, -0.15) is 11.8 Å². The van der Waals surface area contributed by atoms with Crippen molar-refractivity contribution >= 4 is 86.7 Å². The van der Waals surface area contributed by atoms with Crippen molar-refractivity contribution in [3.63, 3.8) is 0 Å². The molecule has 5 aromatic carbocycles. The van der Waals surface area contributed by atoms with Crippen molar-refractivity contribution in [3.8, 4) is 0 Å². The number of aromatic nitrogens is 2. The number of hydrogen-bond donors (Lipinski definition) is 14. The molecule has 0 saturated carbocycles. The summed E-state index contributed by atoms with van der Waals surface area (Å²) in [5.41, 5.74) is 23.9. The Labute approximate surface area is 620 Å². The lowest BCUT2D eigenvalue weighted by molar-refractivity contribution is -0.136. The number of likely N-dealkylation sites (N-methyl/N-ethyl adjacent to an activating group) is 1. The summed E-state index contributed by atoms with van der Waals surface area (Å²) in [5, 5.41) is 36.6. The number of aliphatic hydroxyl groups excluding tert-OH is 1. The number of Topliss-reactive ketones (excluding diaryl/α,β-unsaturated/α-hetero) is 1. The van der Waals surface area contributed by atoms with Crippen molar-refractivity contribution in [1.82, 2.24) is 57.4 Å². The molecule has 0 radical (unpaired) electrons. The van der Waals surface area contributed by atoms with Gasteiger partial charge in [0.2, 0.25) is 41.4 Å². The number of carbonyl (C=O) groups excluding carboxylic acids is 8. The number of para-hydroxylation sites is 1. The van der Waals surface area contributed by atoms with Gasteiger partial charge in [-0.15, -0.1) is 0 Å². The highest BCUT2D eigenvalue weighted by molar-refractivity contribution is 7.99. The molecule has 3 aliphatic rings. The van der Waals surface area contributed by atoms with Crippen LogP contribution in [0.2, 0.25) is 0 Å². The molecule has 2 saturated heterocycles. The van der Waals surface area contributed by atoms with Gasteiger partial charge < -0.3 is 79.7 Å². The van der Waals surface area contributed by atoms with Crippen molar-refractivity contribution in [1.29, 1.82) is 0 Å². The molecule has 0 spiro atoms. The molecule has 10 rings (SSSR count). The lowest BCUT2D eigenvalue weighted by Gasteiger charge is -2.45. The van der Waals surface area contributed by atoms with Gasteiger partial charge in [-0.25, -0.2) is 8.78 Å². The molecule has 2 aromatic heterocycles. The Balaban J connectivity index is 0.965. The first kappa shape index (κ1) is 79.0. The third-order valence-electron chi connectivity index (χ3n) is 20.4. The van der Waals surface area contributed by atoms with Gasteiger partial charge in [0, 0.05) is 103 Å². The van der Waals surface area contributed by atoms with E-state index in [9.17, 15) is 28.3 Å². The lowest BCUT2D eigenvalue weighted by Crippen LogP contribution is -2.61. The van der Waals surface area contributed by atoms with Gasteiger partial charge in [-0.3, -0.25) is 43.3 Å². The van der Waals surface area contributed by atoms with Crippen molar-refractivity contribution < 1.29 is 52.2 Å². The molecule has 566 valence electrons. The minimum atomic E-state index is -1.75. The van der Waals surface area contributed by atoms with E-state index in [1.807, 2.05) is 24.3 Å². The van der Waals surface area contributed by atoms with Gasteiger partial charge in [-0.05, 0) is 154 Å². The summed E-state index contributed by atoms with van der Waals surface area (Å²) >= 11 is 1.79. The van der Waals surface area contributed by atoms with Crippen molar-refractivity contribution in [2.75, 3.05) is 44.7 Å². The Morgan fingerprint density at radius 3 is 1.86 bits per heavy atom. The van der Waals surface area contributed by atoms with Crippen molar-refractivity contribution in [3.05, 3.63) is 179 Å². The summed E-state index contributed by atoms with van der Waals surface area (Å²) in [6.07, 6.45) is 5.53. The Bertz CT molecular complexity index is 4160. The number of guanidine groups is 1. The van der Waals surface area contributed by atoms with Gasteiger partial charge in [0.1, 0.15) is 47.9 Å². The third kappa shape index (κ3) is 22.0. The second-order valence-electron chi connectivity index (χ2n) is 28.4. The molecule has 12 atom stereocenters. The number of piperidine rings is 1. The number of likely N-dealkylation sites (tertiary alicyclic amines) is 1. The Morgan fingerprint density at radius 2 is 1.20 bits per heavy atom. The number of unbranched alkanes of at least 4 members (excludes halogenated alkanes) is 1.